The van der Waals surface area contributed by atoms with Crippen molar-refractivity contribution in [2.75, 3.05) is 0 Å². The highest BCUT2D eigenvalue weighted by Crippen LogP contribution is 2.29. The Morgan fingerprint density at radius 1 is 1.08 bits per heavy atom. The summed E-state index contributed by atoms with van der Waals surface area (Å²) in [5, 5.41) is 10.3. The summed E-state index contributed by atoms with van der Waals surface area (Å²) in [5.74, 6) is 1.92. The standard InChI is InChI=1S/C21H29NO2/c1-4-8-20(22)21(23)14-16(3)19-12-11-18(13-15(19)2)24-17-9-6-5-7-10-17/h5-7,9-13,16,20-21,23H,4,8,14,22H2,1-3H3. The zero-order chi connectivity index (χ0) is 17.5. The second-order valence-corrected chi connectivity index (χ2v) is 6.59. The molecule has 0 aliphatic heterocycles. The minimum atomic E-state index is -0.459. The molecule has 2 aromatic rings. The lowest BCUT2D eigenvalue weighted by molar-refractivity contribution is 0.124. The number of hydrogen-bond donors (Lipinski definition) is 2. The van der Waals surface area contributed by atoms with Gasteiger partial charge in [0.1, 0.15) is 11.5 Å². The maximum atomic E-state index is 10.3. The molecule has 3 atom stereocenters. The van der Waals surface area contributed by atoms with Crippen LogP contribution in [-0.4, -0.2) is 17.3 Å². The van der Waals surface area contributed by atoms with E-state index in [1.54, 1.807) is 0 Å². The van der Waals surface area contributed by atoms with Gasteiger partial charge in [0.05, 0.1) is 6.10 Å². The van der Waals surface area contributed by atoms with E-state index in [0.29, 0.717) is 6.42 Å². The highest BCUT2D eigenvalue weighted by atomic mass is 16.5. The molecule has 3 nitrogen and oxygen atoms in total. The summed E-state index contributed by atoms with van der Waals surface area (Å²) in [7, 11) is 0. The first-order chi connectivity index (χ1) is 11.5. The highest BCUT2D eigenvalue weighted by Gasteiger charge is 2.19. The molecule has 0 heterocycles. The number of aliphatic hydroxyl groups is 1. The van der Waals surface area contributed by atoms with Crippen molar-refractivity contribution in [3.05, 3.63) is 59.7 Å². The number of para-hydroxylation sites is 1. The molecule has 130 valence electrons. The van der Waals surface area contributed by atoms with Crippen LogP contribution in [0.2, 0.25) is 0 Å². The summed E-state index contributed by atoms with van der Waals surface area (Å²) >= 11 is 0. The lowest BCUT2D eigenvalue weighted by Crippen LogP contribution is -2.35. The van der Waals surface area contributed by atoms with Crippen LogP contribution in [0.4, 0.5) is 0 Å². The predicted octanol–water partition coefficient (Wildman–Crippen LogP) is 4.77. The van der Waals surface area contributed by atoms with Gasteiger partial charge in [0.2, 0.25) is 0 Å². The number of hydrogen-bond acceptors (Lipinski definition) is 3. The Morgan fingerprint density at radius 3 is 2.42 bits per heavy atom. The SMILES string of the molecule is CCCC(N)C(O)CC(C)c1ccc(Oc2ccccc2)cc1C. The van der Waals surface area contributed by atoms with E-state index >= 15 is 0 Å². The normalized spacial score (nSPS) is 14.9. The molecule has 0 aliphatic rings. The van der Waals surface area contributed by atoms with Crippen molar-refractivity contribution >= 4 is 0 Å². The number of aryl methyl sites for hydroxylation is 1. The number of ether oxygens (including phenoxy) is 1. The number of benzene rings is 2. The molecule has 3 N–H and O–H groups in total. The summed E-state index contributed by atoms with van der Waals surface area (Å²) in [6.07, 6.45) is 2.08. The van der Waals surface area contributed by atoms with E-state index in [1.807, 2.05) is 36.4 Å². The van der Waals surface area contributed by atoms with Crippen molar-refractivity contribution in [2.45, 2.75) is 58.1 Å². The van der Waals surface area contributed by atoms with Gasteiger partial charge in [0.25, 0.3) is 0 Å². The molecule has 0 bridgehead atoms. The first kappa shape index (κ1) is 18.5. The van der Waals surface area contributed by atoms with Crippen LogP contribution in [0.25, 0.3) is 0 Å². The van der Waals surface area contributed by atoms with Crippen LogP contribution in [0.15, 0.2) is 48.5 Å². The molecule has 0 radical (unpaired) electrons. The molecular formula is C21H29NO2. The second-order valence-electron chi connectivity index (χ2n) is 6.59. The molecule has 0 spiro atoms. The largest absolute Gasteiger partial charge is 0.457 e. The summed E-state index contributed by atoms with van der Waals surface area (Å²) < 4.78 is 5.88. The van der Waals surface area contributed by atoms with Gasteiger partial charge in [0, 0.05) is 6.04 Å². The minimum Gasteiger partial charge on any atom is -0.457 e. The minimum absolute atomic E-state index is 0.140. The van der Waals surface area contributed by atoms with Crippen molar-refractivity contribution in [2.24, 2.45) is 5.73 Å². The van der Waals surface area contributed by atoms with Crippen LogP contribution < -0.4 is 10.5 Å². The zero-order valence-corrected chi connectivity index (χ0v) is 14.9. The topological polar surface area (TPSA) is 55.5 Å². The Hall–Kier alpha value is -1.84. The Kier molecular flexibility index (Phi) is 6.83. The number of aliphatic hydroxyl groups excluding tert-OH is 1. The van der Waals surface area contributed by atoms with Gasteiger partial charge in [-0.25, -0.2) is 0 Å². The second kappa shape index (κ2) is 8.86. The third-order valence-corrected chi connectivity index (χ3v) is 4.46. The van der Waals surface area contributed by atoms with Crippen molar-refractivity contribution < 1.29 is 9.84 Å². The first-order valence-corrected chi connectivity index (χ1v) is 8.78. The Labute approximate surface area is 145 Å². The van der Waals surface area contributed by atoms with E-state index in [4.69, 9.17) is 10.5 Å². The highest BCUT2D eigenvalue weighted by molar-refractivity contribution is 5.39. The smallest absolute Gasteiger partial charge is 0.127 e. The number of nitrogens with two attached hydrogens (primary N) is 1. The molecule has 3 heteroatoms. The van der Waals surface area contributed by atoms with Gasteiger partial charge in [-0.05, 0) is 61.1 Å². The summed E-state index contributed by atoms with van der Waals surface area (Å²) in [6.45, 7) is 6.32. The molecule has 0 fully saturated rings. The fourth-order valence-corrected chi connectivity index (χ4v) is 3.08. The molecule has 0 saturated heterocycles. The predicted molar refractivity (Wildman–Crippen MR) is 99.6 cm³/mol. The van der Waals surface area contributed by atoms with E-state index in [2.05, 4.69) is 32.9 Å². The molecule has 0 amide bonds. The third-order valence-electron chi connectivity index (χ3n) is 4.46. The van der Waals surface area contributed by atoms with Crippen LogP contribution in [0.1, 0.15) is 50.2 Å². The van der Waals surface area contributed by atoms with Crippen LogP contribution >= 0.6 is 0 Å². The summed E-state index contributed by atoms with van der Waals surface area (Å²) in [6, 6.07) is 15.8. The van der Waals surface area contributed by atoms with Crippen LogP contribution in [0, 0.1) is 6.92 Å². The quantitative estimate of drug-likeness (QED) is 0.734. The fraction of sp³-hybridized carbons (Fsp3) is 0.429. The molecule has 0 aliphatic carbocycles. The maximum absolute atomic E-state index is 10.3. The van der Waals surface area contributed by atoms with E-state index in [0.717, 1.165) is 24.3 Å². The van der Waals surface area contributed by atoms with Crippen molar-refractivity contribution in [1.82, 2.24) is 0 Å². The van der Waals surface area contributed by atoms with Crippen LogP contribution in [-0.2, 0) is 0 Å². The van der Waals surface area contributed by atoms with Gasteiger partial charge in [-0.1, -0.05) is 44.5 Å². The monoisotopic (exact) mass is 327 g/mol. The summed E-state index contributed by atoms with van der Waals surface area (Å²) in [4.78, 5) is 0. The average Bonchev–Trinajstić information content (AvgIpc) is 2.56. The van der Waals surface area contributed by atoms with Crippen molar-refractivity contribution in [1.29, 1.82) is 0 Å². The molecule has 0 aromatic heterocycles. The Balaban J connectivity index is 2.03. The molecule has 3 unspecified atom stereocenters. The van der Waals surface area contributed by atoms with E-state index < -0.39 is 6.10 Å². The third kappa shape index (κ3) is 5.08. The Morgan fingerprint density at radius 2 is 1.79 bits per heavy atom. The molecule has 2 aromatic carbocycles. The van der Waals surface area contributed by atoms with E-state index in [9.17, 15) is 5.11 Å². The van der Waals surface area contributed by atoms with Crippen molar-refractivity contribution in [3.63, 3.8) is 0 Å². The van der Waals surface area contributed by atoms with Gasteiger partial charge in [-0.2, -0.15) is 0 Å². The average molecular weight is 327 g/mol. The lowest BCUT2D eigenvalue weighted by atomic mass is 9.89. The fourth-order valence-electron chi connectivity index (χ4n) is 3.08. The molecule has 0 saturated carbocycles. The number of rotatable bonds is 8. The van der Waals surface area contributed by atoms with E-state index in [1.165, 1.54) is 11.1 Å². The lowest BCUT2D eigenvalue weighted by Gasteiger charge is -2.23. The first-order valence-electron chi connectivity index (χ1n) is 8.78. The zero-order valence-electron chi connectivity index (χ0n) is 14.9. The molecular weight excluding hydrogens is 298 g/mol. The van der Waals surface area contributed by atoms with Crippen molar-refractivity contribution in [3.8, 4) is 11.5 Å². The van der Waals surface area contributed by atoms with Gasteiger partial charge in [-0.15, -0.1) is 0 Å². The molecule has 2 rings (SSSR count). The van der Waals surface area contributed by atoms with Crippen LogP contribution in [0.3, 0.4) is 0 Å². The van der Waals surface area contributed by atoms with Gasteiger partial charge in [0.15, 0.2) is 0 Å². The van der Waals surface area contributed by atoms with Gasteiger partial charge in [-0.3, -0.25) is 0 Å². The summed E-state index contributed by atoms with van der Waals surface area (Å²) in [5.41, 5.74) is 8.44. The maximum Gasteiger partial charge on any atom is 0.127 e. The van der Waals surface area contributed by atoms with Crippen LogP contribution in [0.5, 0.6) is 11.5 Å². The van der Waals surface area contributed by atoms with Gasteiger partial charge < -0.3 is 15.6 Å². The van der Waals surface area contributed by atoms with Gasteiger partial charge >= 0.3 is 0 Å². The molecule has 24 heavy (non-hydrogen) atoms. The van der Waals surface area contributed by atoms with E-state index in [-0.39, 0.29) is 12.0 Å². The Bertz CT molecular complexity index is 627.